The van der Waals surface area contributed by atoms with Crippen LogP contribution in [-0.2, 0) is 14.4 Å². The number of phenolic OH excluding ortho intramolecular Hbond substituents is 1. The van der Waals surface area contributed by atoms with Crippen LogP contribution < -0.4 is 5.73 Å². The molecule has 0 saturated heterocycles. The number of benzene rings is 3. The number of carbonyl (C=O) groups excluding carboxylic acids is 3. The molecule has 2 saturated carbocycles. The topological polar surface area (TPSA) is 178 Å². The fourth-order valence-corrected chi connectivity index (χ4v) is 7.14. The monoisotopic (exact) mass is 555 g/mol. The summed E-state index contributed by atoms with van der Waals surface area (Å²) in [7, 11) is 0. The number of primary amides is 1. The lowest BCUT2D eigenvalue weighted by atomic mass is 9.53. The van der Waals surface area contributed by atoms with E-state index in [1.54, 1.807) is 37.3 Å². The normalized spacial score (nSPS) is 30.8. The molecule has 41 heavy (non-hydrogen) atoms. The molecule has 3 aliphatic carbocycles. The number of ketones is 2. The molecule has 0 aromatic heterocycles. The molecule has 0 aliphatic heterocycles. The van der Waals surface area contributed by atoms with Gasteiger partial charge in [-0.2, -0.15) is 0 Å². The molecule has 9 heteroatoms. The van der Waals surface area contributed by atoms with E-state index in [-0.39, 0.29) is 11.3 Å². The van der Waals surface area contributed by atoms with Crippen molar-refractivity contribution in [2.45, 2.75) is 37.1 Å². The van der Waals surface area contributed by atoms with Crippen LogP contribution in [0.2, 0.25) is 0 Å². The van der Waals surface area contributed by atoms with E-state index in [9.17, 15) is 39.9 Å². The average molecular weight is 556 g/mol. The van der Waals surface area contributed by atoms with Crippen LogP contribution in [-0.4, -0.2) is 60.8 Å². The van der Waals surface area contributed by atoms with Crippen molar-refractivity contribution < 1.29 is 39.9 Å². The minimum Gasteiger partial charge on any atom is -0.507 e. The number of phenols is 1. The van der Waals surface area contributed by atoms with Gasteiger partial charge in [-0.25, -0.2) is 0 Å². The van der Waals surface area contributed by atoms with Crippen LogP contribution in [0.15, 0.2) is 72.3 Å². The largest absolute Gasteiger partial charge is 0.507 e. The average Bonchev–Trinajstić information content (AvgIpc) is 2.96. The van der Waals surface area contributed by atoms with E-state index in [1.165, 1.54) is 0 Å². The molecule has 3 aromatic rings. The van der Waals surface area contributed by atoms with Gasteiger partial charge in [-0.1, -0.05) is 67.6 Å². The van der Waals surface area contributed by atoms with E-state index >= 15 is 0 Å². The molecule has 7 N–H and O–H groups in total. The fraction of sp³-hybridized carbons (Fsp3) is 0.281. The minimum absolute atomic E-state index is 0.0405. The molecule has 3 aliphatic rings. The number of aliphatic hydroxyl groups excluding tert-OH is 3. The lowest BCUT2D eigenvalue weighted by Gasteiger charge is -2.52. The van der Waals surface area contributed by atoms with Crippen LogP contribution >= 0.6 is 0 Å². The number of amides is 1. The van der Waals surface area contributed by atoms with Crippen LogP contribution in [0.1, 0.15) is 30.4 Å². The van der Waals surface area contributed by atoms with Gasteiger partial charge in [0.05, 0.1) is 17.8 Å². The second-order valence-corrected chi connectivity index (χ2v) is 11.2. The number of hydrogen-bond acceptors (Lipinski definition) is 8. The minimum atomic E-state index is -2.90. The molecule has 0 radical (unpaired) electrons. The smallest absolute Gasteiger partial charge is 0.230 e. The highest BCUT2D eigenvalue weighted by atomic mass is 16.3. The van der Waals surface area contributed by atoms with Gasteiger partial charge < -0.3 is 31.3 Å². The van der Waals surface area contributed by atoms with Crippen molar-refractivity contribution >= 4 is 23.2 Å². The maximum Gasteiger partial charge on any atom is 0.230 e. The molecule has 2 fully saturated rings. The summed E-state index contributed by atoms with van der Waals surface area (Å²) in [5.41, 5.74) is 4.90. The van der Waals surface area contributed by atoms with Crippen LogP contribution in [0.25, 0.3) is 28.0 Å². The molecule has 1 amide bonds. The van der Waals surface area contributed by atoms with E-state index in [2.05, 4.69) is 0 Å². The Hall–Kier alpha value is -4.31. The zero-order chi connectivity index (χ0) is 29.4. The summed E-state index contributed by atoms with van der Waals surface area (Å²) >= 11 is 0. The fourth-order valence-electron chi connectivity index (χ4n) is 7.14. The quantitative estimate of drug-likeness (QED) is 0.267. The number of fused-ring (bicyclic) bond motifs is 3. The Bertz CT molecular complexity index is 1630. The van der Waals surface area contributed by atoms with E-state index in [4.69, 9.17) is 5.73 Å². The molecule has 3 aromatic carbocycles. The van der Waals surface area contributed by atoms with Crippen molar-refractivity contribution in [3.8, 4) is 28.0 Å². The van der Waals surface area contributed by atoms with Crippen molar-refractivity contribution in [2.75, 3.05) is 0 Å². The lowest BCUT2D eigenvalue weighted by Crippen LogP contribution is -2.70. The van der Waals surface area contributed by atoms with Gasteiger partial charge in [0.25, 0.3) is 0 Å². The molecule has 2 unspecified atom stereocenters. The molecule has 0 bridgehead atoms. The summed E-state index contributed by atoms with van der Waals surface area (Å²) in [5.74, 6) is -9.76. The Kier molecular flexibility index (Phi) is 6.15. The SMILES string of the molecule is C[C@H]1c2c(-c3ccccc3)cc(-c3ccccc3)c(O)c2C(O)=C2C(=O)[C@]3(O)C(=O)C(C(N)=O)C(O)C[C@@H]3[C@@H](O)[C@@H]21. The van der Waals surface area contributed by atoms with Gasteiger partial charge in [0.2, 0.25) is 11.7 Å². The number of rotatable bonds is 3. The predicted molar refractivity (Wildman–Crippen MR) is 148 cm³/mol. The number of hydrogen-bond donors (Lipinski definition) is 6. The van der Waals surface area contributed by atoms with Gasteiger partial charge in [0.15, 0.2) is 11.4 Å². The van der Waals surface area contributed by atoms with E-state index < -0.39 is 76.7 Å². The third-order valence-corrected chi connectivity index (χ3v) is 9.08. The van der Waals surface area contributed by atoms with E-state index in [0.29, 0.717) is 22.3 Å². The third kappa shape index (κ3) is 3.63. The highest BCUT2D eigenvalue weighted by Crippen LogP contribution is 2.58. The van der Waals surface area contributed by atoms with Crippen molar-refractivity contribution in [3.05, 3.63) is 83.4 Å². The third-order valence-electron chi connectivity index (χ3n) is 9.08. The summed E-state index contributed by atoms with van der Waals surface area (Å²) in [6.07, 6.45) is -3.60. The Morgan fingerprint density at radius 3 is 2.05 bits per heavy atom. The van der Waals surface area contributed by atoms with Gasteiger partial charge in [-0.3, -0.25) is 14.4 Å². The van der Waals surface area contributed by atoms with Crippen molar-refractivity contribution in [3.63, 3.8) is 0 Å². The zero-order valence-corrected chi connectivity index (χ0v) is 22.1. The molecule has 6 rings (SSSR count). The molecule has 7 atom stereocenters. The Labute approximate surface area is 235 Å². The Morgan fingerprint density at radius 2 is 1.49 bits per heavy atom. The lowest BCUT2D eigenvalue weighted by molar-refractivity contribution is -0.186. The first-order chi connectivity index (χ1) is 19.5. The number of nitrogens with two attached hydrogens (primary N) is 1. The Balaban J connectivity index is 1.65. The molecule has 0 heterocycles. The standard InChI is InChI=1S/C32H29NO8/c1-14-21-17(15-8-4-2-5-9-15)12-18(16-10-6-3-7-11-16)26(35)24(21)28(37)25-22(14)27(36)19-13-20(34)23(31(33)40)29(38)32(19,41)30(25)39/h2-12,14,19-20,22-23,27,34-37,41H,13H2,1H3,(H2,33,40)/t14-,19+,20?,22+,23?,27+,32+/m0/s1. The summed E-state index contributed by atoms with van der Waals surface area (Å²) < 4.78 is 0. The van der Waals surface area contributed by atoms with Crippen LogP contribution in [0.3, 0.4) is 0 Å². The number of Topliss-reactive ketones (excluding diaryl/α,β-unsaturated/α-hetero) is 2. The van der Waals surface area contributed by atoms with Gasteiger partial charge >= 0.3 is 0 Å². The highest BCUT2D eigenvalue weighted by Gasteiger charge is 2.67. The molecular formula is C32H29NO8. The van der Waals surface area contributed by atoms with Gasteiger partial charge in [-0.05, 0) is 40.7 Å². The number of carbonyl (C=O) groups is 3. The summed E-state index contributed by atoms with van der Waals surface area (Å²) in [4.78, 5) is 39.4. The van der Waals surface area contributed by atoms with Crippen LogP contribution in [0.4, 0.5) is 0 Å². The first kappa shape index (κ1) is 26.9. The van der Waals surface area contributed by atoms with Crippen molar-refractivity contribution in [2.24, 2.45) is 23.5 Å². The summed E-state index contributed by atoms with van der Waals surface area (Å²) in [6, 6.07) is 20.0. The van der Waals surface area contributed by atoms with Crippen LogP contribution in [0, 0.1) is 17.8 Å². The zero-order valence-electron chi connectivity index (χ0n) is 22.1. The number of aromatic hydroxyl groups is 1. The molecule has 210 valence electrons. The molecular weight excluding hydrogens is 526 g/mol. The molecule has 0 spiro atoms. The highest BCUT2D eigenvalue weighted by molar-refractivity contribution is 6.25. The predicted octanol–water partition coefficient (Wildman–Crippen LogP) is 2.45. The van der Waals surface area contributed by atoms with Gasteiger partial charge in [0.1, 0.15) is 17.4 Å². The van der Waals surface area contributed by atoms with Crippen molar-refractivity contribution in [1.29, 1.82) is 0 Å². The maximum absolute atomic E-state index is 14.0. The first-order valence-corrected chi connectivity index (χ1v) is 13.4. The molecule has 9 nitrogen and oxygen atoms in total. The maximum atomic E-state index is 14.0. The Morgan fingerprint density at radius 1 is 0.927 bits per heavy atom. The first-order valence-electron chi connectivity index (χ1n) is 13.4. The van der Waals surface area contributed by atoms with Gasteiger partial charge in [-0.15, -0.1) is 0 Å². The number of aliphatic hydroxyl groups is 4. The second-order valence-electron chi connectivity index (χ2n) is 11.2. The summed E-state index contributed by atoms with van der Waals surface area (Å²) in [6.45, 7) is 1.73. The van der Waals surface area contributed by atoms with Crippen molar-refractivity contribution in [1.82, 2.24) is 0 Å². The second kappa shape index (κ2) is 9.37. The van der Waals surface area contributed by atoms with E-state index in [0.717, 1.165) is 5.56 Å². The summed E-state index contributed by atoms with van der Waals surface area (Å²) in [5, 5.41) is 57.1. The van der Waals surface area contributed by atoms with E-state index in [1.807, 2.05) is 36.4 Å². The van der Waals surface area contributed by atoms with Gasteiger partial charge in [0, 0.05) is 23.0 Å². The van der Waals surface area contributed by atoms with Crippen LogP contribution in [0.5, 0.6) is 5.75 Å².